The topological polar surface area (TPSA) is 52.5 Å². The van der Waals surface area contributed by atoms with E-state index >= 15 is 0 Å². The molecule has 2 aromatic rings. The molecule has 0 aromatic heterocycles. The van der Waals surface area contributed by atoms with Crippen molar-refractivity contribution in [1.29, 1.82) is 0 Å². The maximum Gasteiger partial charge on any atom is 0.124 e. The van der Waals surface area contributed by atoms with E-state index in [1.165, 1.54) is 0 Å². The molecule has 0 amide bonds. The van der Waals surface area contributed by atoms with E-state index in [0.29, 0.717) is 5.56 Å². The van der Waals surface area contributed by atoms with Gasteiger partial charge in [0.2, 0.25) is 0 Å². The van der Waals surface area contributed by atoms with Gasteiger partial charge in [0, 0.05) is 9.26 Å². The van der Waals surface area contributed by atoms with Crippen LogP contribution < -0.4 is 5.32 Å². The molecule has 94 valence electrons. The van der Waals surface area contributed by atoms with Crippen LogP contribution in [0.3, 0.4) is 0 Å². The Hall–Kier alpha value is -1.43. The van der Waals surface area contributed by atoms with Gasteiger partial charge < -0.3 is 15.5 Å². The summed E-state index contributed by atoms with van der Waals surface area (Å²) in [5, 5.41) is 22.8. The van der Waals surface area contributed by atoms with Crippen molar-refractivity contribution in [2.75, 3.05) is 5.32 Å². The number of hydrogen-bond donors (Lipinski definition) is 3. The molecular weight excluding hydrogens is 341 g/mol. The first-order valence-electron chi connectivity index (χ1n) is 5.61. The third-order valence-electron chi connectivity index (χ3n) is 2.70. The highest BCUT2D eigenvalue weighted by Gasteiger charge is 2.14. The Kier molecular flexibility index (Phi) is 3.96. The van der Waals surface area contributed by atoms with Crippen molar-refractivity contribution in [2.45, 2.75) is 13.0 Å². The minimum absolute atomic E-state index is 0.0978. The van der Waals surface area contributed by atoms with Crippen molar-refractivity contribution < 1.29 is 10.2 Å². The normalized spacial score (nSPS) is 12.1. The fourth-order valence-electron chi connectivity index (χ4n) is 1.89. The standard InChI is InChI=1S/C14H14INO2/c1-9(14-12(17)6-3-7-13(14)18)16-11-5-2-4-10(15)8-11/h2-9,16-18H,1H3. The molecule has 3 N–H and O–H groups in total. The maximum atomic E-state index is 9.79. The highest BCUT2D eigenvalue weighted by Crippen LogP contribution is 2.34. The molecule has 0 spiro atoms. The summed E-state index contributed by atoms with van der Waals surface area (Å²) in [5.74, 6) is 0.196. The molecule has 0 bridgehead atoms. The Morgan fingerprint density at radius 3 is 2.28 bits per heavy atom. The second-order valence-corrected chi connectivity index (χ2v) is 5.33. The van der Waals surface area contributed by atoms with Gasteiger partial charge in [-0.25, -0.2) is 0 Å². The number of phenolic OH excluding ortho intramolecular Hbond substituents is 2. The van der Waals surface area contributed by atoms with E-state index < -0.39 is 0 Å². The van der Waals surface area contributed by atoms with Crippen molar-refractivity contribution in [3.05, 3.63) is 51.6 Å². The molecule has 18 heavy (non-hydrogen) atoms. The van der Waals surface area contributed by atoms with Crippen LogP contribution in [0, 0.1) is 3.57 Å². The summed E-state index contributed by atoms with van der Waals surface area (Å²) in [4.78, 5) is 0. The van der Waals surface area contributed by atoms with Crippen molar-refractivity contribution in [3.8, 4) is 11.5 Å². The summed E-state index contributed by atoms with van der Waals surface area (Å²) in [6, 6.07) is 12.5. The predicted octanol–water partition coefficient (Wildman–Crippen LogP) is 3.88. The van der Waals surface area contributed by atoms with Crippen LogP contribution in [0.5, 0.6) is 11.5 Å². The van der Waals surface area contributed by atoms with Crippen molar-refractivity contribution in [3.63, 3.8) is 0 Å². The second-order valence-electron chi connectivity index (χ2n) is 4.09. The summed E-state index contributed by atoms with van der Waals surface area (Å²) in [7, 11) is 0. The van der Waals surface area contributed by atoms with Crippen LogP contribution in [0.15, 0.2) is 42.5 Å². The first-order valence-corrected chi connectivity index (χ1v) is 6.69. The van der Waals surface area contributed by atoms with Gasteiger partial charge in [0.25, 0.3) is 0 Å². The third kappa shape index (κ3) is 2.87. The van der Waals surface area contributed by atoms with Gasteiger partial charge in [-0.1, -0.05) is 12.1 Å². The fourth-order valence-corrected chi connectivity index (χ4v) is 2.43. The molecule has 2 aromatic carbocycles. The highest BCUT2D eigenvalue weighted by atomic mass is 127. The molecule has 0 saturated carbocycles. The predicted molar refractivity (Wildman–Crippen MR) is 81.0 cm³/mol. The van der Waals surface area contributed by atoms with E-state index in [2.05, 4.69) is 27.9 Å². The van der Waals surface area contributed by atoms with E-state index in [-0.39, 0.29) is 17.5 Å². The number of rotatable bonds is 3. The lowest BCUT2D eigenvalue weighted by molar-refractivity contribution is 0.434. The summed E-state index contributed by atoms with van der Waals surface area (Å²) < 4.78 is 1.13. The van der Waals surface area contributed by atoms with Gasteiger partial charge in [-0.15, -0.1) is 0 Å². The summed E-state index contributed by atoms with van der Waals surface area (Å²) >= 11 is 2.24. The smallest absolute Gasteiger partial charge is 0.124 e. The molecule has 0 saturated heterocycles. The molecule has 0 fully saturated rings. The Labute approximate surface area is 120 Å². The number of nitrogens with one attached hydrogen (secondary N) is 1. The van der Waals surface area contributed by atoms with E-state index in [4.69, 9.17) is 0 Å². The number of benzene rings is 2. The molecule has 2 rings (SSSR count). The van der Waals surface area contributed by atoms with Crippen molar-refractivity contribution in [1.82, 2.24) is 0 Å². The molecular formula is C14H14INO2. The Morgan fingerprint density at radius 2 is 1.67 bits per heavy atom. The van der Waals surface area contributed by atoms with Gasteiger partial charge >= 0.3 is 0 Å². The molecule has 4 heteroatoms. The van der Waals surface area contributed by atoms with Crippen LogP contribution in [-0.2, 0) is 0 Å². The summed E-state index contributed by atoms with van der Waals surface area (Å²) in [6.07, 6.45) is 0. The summed E-state index contributed by atoms with van der Waals surface area (Å²) in [6.45, 7) is 1.90. The van der Waals surface area contributed by atoms with Crippen LogP contribution in [0.1, 0.15) is 18.5 Å². The second kappa shape index (κ2) is 5.48. The number of phenols is 2. The van der Waals surface area contributed by atoms with Crippen LogP contribution in [-0.4, -0.2) is 10.2 Å². The van der Waals surface area contributed by atoms with Gasteiger partial charge in [-0.3, -0.25) is 0 Å². The maximum absolute atomic E-state index is 9.79. The minimum Gasteiger partial charge on any atom is -0.507 e. The molecule has 0 aliphatic rings. The van der Waals surface area contributed by atoms with E-state index in [9.17, 15) is 10.2 Å². The number of halogens is 1. The van der Waals surface area contributed by atoms with Gasteiger partial charge in [0.15, 0.2) is 0 Å². The zero-order chi connectivity index (χ0) is 13.1. The van der Waals surface area contributed by atoms with Crippen molar-refractivity contribution >= 4 is 28.3 Å². The first kappa shape index (κ1) is 13.0. The molecule has 3 nitrogen and oxygen atoms in total. The van der Waals surface area contributed by atoms with Crippen LogP contribution in [0.2, 0.25) is 0 Å². The highest BCUT2D eigenvalue weighted by molar-refractivity contribution is 14.1. The van der Waals surface area contributed by atoms with E-state index in [1.54, 1.807) is 18.2 Å². The molecule has 1 atom stereocenters. The average molecular weight is 355 g/mol. The average Bonchev–Trinajstić information content (AvgIpc) is 2.28. The molecule has 0 aliphatic heterocycles. The lowest BCUT2D eigenvalue weighted by Crippen LogP contribution is -2.07. The molecule has 0 radical (unpaired) electrons. The lowest BCUT2D eigenvalue weighted by Gasteiger charge is -2.18. The number of aromatic hydroxyl groups is 2. The van der Waals surface area contributed by atoms with Crippen LogP contribution in [0.4, 0.5) is 5.69 Å². The van der Waals surface area contributed by atoms with Crippen molar-refractivity contribution in [2.24, 2.45) is 0 Å². The Balaban J connectivity index is 2.25. The van der Waals surface area contributed by atoms with Crippen LogP contribution in [0.25, 0.3) is 0 Å². The van der Waals surface area contributed by atoms with E-state index in [1.807, 2.05) is 31.2 Å². The van der Waals surface area contributed by atoms with E-state index in [0.717, 1.165) is 9.26 Å². The van der Waals surface area contributed by atoms with Gasteiger partial charge in [0.05, 0.1) is 11.6 Å². The zero-order valence-electron chi connectivity index (χ0n) is 9.89. The minimum atomic E-state index is -0.176. The largest absolute Gasteiger partial charge is 0.507 e. The Bertz CT molecular complexity index is 537. The van der Waals surface area contributed by atoms with Gasteiger partial charge in [-0.05, 0) is 59.8 Å². The monoisotopic (exact) mass is 355 g/mol. The third-order valence-corrected chi connectivity index (χ3v) is 3.37. The fraction of sp³-hybridized carbons (Fsp3) is 0.143. The Morgan fingerprint density at radius 1 is 1.06 bits per heavy atom. The summed E-state index contributed by atoms with van der Waals surface area (Å²) in [5.41, 5.74) is 1.47. The van der Waals surface area contributed by atoms with Gasteiger partial charge in [-0.2, -0.15) is 0 Å². The molecule has 0 aliphatic carbocycles. The SMILES string of the molecule is CC(Nc1cccc(I)c1)c1c(O)cccc1O. The molecule has 1 unspecified atom stereocenters. The number of anilines is 1. The first-order chi connectivity index (χ1) is 8.58. The van der Waals surface area contributed by atoms with Crippen LogP contribution >= 0.6 is 22.6 Å². The lowest BCUT2D eigenvalue weighted by atomic mass is 10.1. The van der Waals surface area contributed by atoms with Gasteiger partial charge in [0.1, 0.15) is 11.5 Å². The zero-order valence-corrected chi connectivity index (χ0v) is 12.0. The number of hydrogen-bond acceptors (Lipinski definition) is 3. The molecule has 0 heterocycles. The quantitative estimate of drug-likeness (QED) is 0.733.